The van der Waals surface area contributed by atoms with Crippen LogP contribution in [0.15, 0.2) is 42.5 Å². The van der Waals surface area contributed by atoms with Gasteiger partial charge in [0.15, 0.2) is 11.5 Å². The van der Waals surface area contributed by atoms with E-state index in [0.29, 0.717) is 17.2 Å². The fourth-order valence-electron chi connectivity index (χ4n) is 3.80. The standard InChI is InChI=1S/C21H20O3/c1-22-18-12-11-17(20(23-2)21(18)24-3)15-10-9-14-8-7-13-5-4-6-16(15)19(13)14/h4-6,9-12H,7-8H2,1-3H3. The molecule has 0 unspecified atom stereocenters. The molecule has 3 aromatic carbocycles. The van der Waals surface area contributed by atoms with Crippen molar-refractivity contribution in [1.29, 1.82) is 0 Å². The van der Waals surface area contributed by atoms with Crippen LogP contribution in [0.3, 0.4) is 0 Å². The first-order valence-electron chi connectivity index (χ1n) is 8.11. The second-order valence-corrected chi connectivity index (χ2v) is 5.99. The summed E-state index contributed by atoms with van der Waals surface area (Å²) in [6.45, 7) is 0. The van der Waals surface area contributed by atoms with Gasteiger partial charge in [0, 0.05) is 5.56 Å². The van der Waals surface area contributed by atoms with Crippen molar-refractivity contribution in [2.24, 2.45) is 0 Å². The first-order chi connectivity index (χ1) is 11.8. The molecule has 0 saturated carbocycles. The molecule has 0 aliphatic heterocycles. The summed E-state index contributed by atoms with van der Waals surface area (Å²) in [6.07, 6.45) is 2.25. The van der Waals surface area contributed by atoms with Crippen molar-refractivity contribution < 1.29 is 14.2 Å². The zero-order valence-corrected chi connectivity index (χ0v) is 14.2. The Morgan fingerprint density at radius 1 is 0.667 bits per heavy atom. The van der Waals surface area contributed by atoms with Crippen LogP contribution in [0.1, 0.15) is 11.1 Å². The molecule has 0 spiro atoms. The van der Waals surface area contributed by atoms with Crippen LogP contribution in [-0.4, -0.2) is 21.3 Å². The molecule has 0 radical (unpaired) electrons. The second kappa shape index (κ2) is 5.75. The van der Waals surface area contributed by atoms with Crippen LogP contribution in [0.4, 0.5) is 0 Å². The first kappa shape index (κ1) is 14.9. The van der Waals surface area contributed by atoms with E-state index in [-0.39, 0.29) is 0 Å². The monoisotopic (exact) mass is 320 g/mol. The lowest BCUT2D eigenvalue weighted by Gasteiger charge is -2.17. The first-order valence-corrected chi connectivity index (χ1v) is 8.11. The molecule has 1 aliphatic rings. The molecule has 0 aromatic heterocycles. The average Bonchev–Trinajstić information content (AvgIpc) is 3.06. The van der Waals surface area contributed by atoms with Crippen LogP contribution >= 0.6 is 0 Å². The van der Waals surface area contributed by atoms with Gasteiger partial charge in [-0.15, -0.1) is 0 Å². The molecule has 24 heavy (non-hydrogen) atoms. The van der Waals surface area contributed by atoms with E-state index in [9.17, 15) is 0 Å². The summed E-state index contributed by atoms with van der Waals surface area (Å²) in [5.74, 6) is 2.00. The van der Waals surface area contributed by atoms with Crippen molar-refractivity contribution in [1.82, 2.24) is 0 Å². The minimum absolute atomic E-state index is 0.626. The lowest BCUT2D eigenvalue weighted by Crippen LogP contribution is -1.97. The van der Waals surface area contributed by atoms with Crippen molar-refractivity contribution in [3.8, 4) is 28.4 Å². The van der Waals surface area contributed by atoms with E-state index < -0.39 is 0 Å². The lowest BCUT2D eigenvalue weighted by atomic mass is 9.94. The van der Waals surface area contributed by atoms with Gasteiger partial charge in [-0.3, -0.25) is 0 Å². The van der Waals surface area contributed by atoms with E-state index in [1.165, 1.54) is 21.9 Å². The van der Waals surface area contributed by atoms with Crippen molar-refractivity contribution >= 4 is 10.8 Å². The Labute approximate surface area is 141 Å². The summed E-state index contributed by atoms with van der Waals surface area (Å²) >= 11 is 0. The zero-order chi connectivity index (χ0) is 16.7. The van der Waals surface area contributed by atoms with Crippen LogP contribution in [0.25, 0.3) is 21.9 Å². The zero-order valence-electron chi connectivity index (χ0n) is 14.2. The van der Waals surface area contributed by atoms with Gasteiger partial charge >= 0.3 is 0 Å². The summed E-state index contributed by atoms with van der Waals surface area (Å²) < 4.78 is 16.6. The quantitative estimate of drug-likeness (QED) is 0.701. The van der Waals surface area contributed by atoms with E-state index in [0.717, 1.165) is 24.0 Å². The number of rotatable bonds is 4. The molecule has 122 valence electrons. The van der Waals surface area contributed by atoms with Gasteiger partial charge < -0.3 is 14.2 Å². The van der Waals surface area contributed by atoms with Gasteiger partial charge in [0.05, 0.1) is 21.3 Å². The molecule has 3 heteroatoms. The Bertz CT molecular complexity index is 918. The molecule has 0 heterocycles. The molecule has 4 rings (SSSR count). The van der Waals surface area contributed by atoms with Crippen molar-refractivity contribution in [2.45, 2.75) is 12.8 Å². The van der Waals surface area contributed by atoms with Gasteiger partial charge in [0.2, 0.25) is 5.75 Å². The highest BCUT2D eigenvalue weighted by Gasteiger charge is 2.21. The molecule has 0 amide bonds. The summed E-state index contributed by atoms with van der Waals surface area (Å²) in [4.78, 5) is 0. The molecule has 0 atom stereocenters. The van der Waals surface area contributed by atoms with Gasteiger partial charge in [-0.2, -0.15) is 0 Å². The van der Waals surface area contributed by atoms with Gasteiger partial charge in [-0.25, -0.2) is 0 Å². The number of ether oxygens (including phenoxy) is 3. The SMILES string of the molecule is COc1ccc(-c2ccc3c4c(cccc24)CC3)c(OC)c1OC. The highest BCUT2D eigenvalue weighted by Crippen LogP contribution is 2.47. The highest BCUT2D eigenvalue weighted by molar-refractivity contribution is 6.02. The second-order valence-electron chi connectivity index (χ2n) is 5.99. The maximum atomic E-state index is 5.68. The highest BCUT2D eigenvalue weighted by atomic mass is 16.5. The number of hydrogen-bond acceptors (Lipinski definition) is 3. The Hall–Kier alpha value is -2.68. The van der Waals surface area contributed by atoms with E-state index in [1.807, 2.05) is 12.1 Å². The maximum Gasteiger partial charge on any atom is 0.203 e. The maximum absolute atomic E-state index is 5.68. The molecule has 3 aromatic rings. The van der Waals surface area contributed by atoms with Crippen LogP contribution in [0.5, 0.6) is 17.2 Å². The van der Waals surface area contributed by atoms with Crippen molar-refractivity contribution in [3.05, 3.63) is 53.6 Å². The smallest absolute Gasteiger partial charge is 0.203 e. The van der Waals surface area contributed by atoms with Crippen LogP contribution in [0.2, 0.25) is 0 Å². The fraction of sp³-hybridized carbons (Fsp3) is 0.238. The normalized spacial score (nSPS) is 12.5. The average molecular weight is 320 g/mol. The molecule has 0 N–H and O–H groups in total. The predicted octanol–water partition coefficient (Wildman–Crippen LogP) is 4.63. The molecular weight excluding hydrogens is 300 g/mol. The van der Waals surface area contributed by atoms with Crippen LogP contribution in [0, 0.1) is 0 Å². The van der Waals surface area contributed by atoms with Crippen molar-refractivity contribution in [3.63, 3.8) is 0 Å². The molecule has 1 aliphatic carbocycles. The Morgan fingerprint density at radius 2 is 1.38 bits per heavy atom. The van der Waals surface area contributed by atoms with Crippen LogP contribution < -0.4 is 14.2 Å². The molecule has 0 saturated heterocycles. The van der Waals surface area contributed by atoms with E-state index in [4.69, 9.17) is 14.2 Å². The summed E-state index contributed by atoms with van der Waals surface area (Å²) in [6, 6.07) is 15.0. The van der Waals surface area contributed by atoms with Crippen molar-refractivity contribution in [2.75, 3.05) is 21.3 Å². The van der Waals surface area contributed by atoms with Gasteiger partial charge in [-0.05, 0) is 52.4 Å². The fourth-order valence-corrected chi connectivity index (χ4v) is 3.80. The Kier molecular flexibility index (Phi) is 3.57. The third-order valence-electron chi connectivity index (χ3n) is 4.87. The summed E-state index contributed by atoms with van der Waals surface area (Å²) in [5.41, 5.74) is 5.05. The van der Waals surface area contributed by atoms with Gasteiger partial charge in [0.1, 0.15) is 0 Å². The molecule has 0 fully saturated rings. The Balaban J connectivity index is 2.03. The summed E-state index contributed by atoms with van der Waals surface area (Å²) in [5, 5.41) is 2.67. The number of methoxy groups -OCH3 is 3. The summed E-state index contributed by atoms with van der Waals surface area (Å²) in [7, 11) is 4.94. The minimum Gasteiger partial charge on any atom is -0.493 e. The minimum atomic E-state index is 0.626. The largest absolute Gasteiger partial charge is 0.493 e. The number of benzene rings is 3. The molecule has 0 bridgehead atoms. The van der Waals surface area contributed by atoms with E-state index in [1.54, 1.807) is 21.3 Å². The lowest BCUT2D eigenvalue weighted by molar-refractivity contribution is 0.325. The van der Waals surface area contributed by atoms with E-state index >= 15 is 0 Å². The molecular formula is C21H20O3. The number of hydrogen-bond donors (Lipinski definition) is 0. The molecule has 3 nitrogen and oxygen atoms in total. The predicted molar refractivity (Wildman–Crippen MR) is 96.4 cm³/mol. The third-order valence-corrected chi connectivity index (χ3v) is 4.87. The van der Waals surface area contributed by atoms with Gasteiger partial charge in [0.25, 0.3) is 0 Å². The number of aryl methyl sites for hydroxylation is 2. The van der Waals surface area contributed by atoms with Gasteiger partial charge in [-0.1, -0.05) is 30.3 Å². The van der Waals surface area contributed by atoms with Crippen LogP contribution in [-0.2, 0) is 12.8 Å². The topological polar surface area (TPSA) is 27.7 Å². The Morgan fingerprint density at radius 3 is 2.08 bits per heavy atom. The van der Waals surface area contributed by atoms with E-state index in [2.05, 4.69) is 30.3 Å². The third kappa shape index (κ3) is 2.04.